The van der Waals surface area contributed by atoms with E-state index in [4.69, 9.17) is 5.11 Å². The SMILES string of the molecule is O=C(O)Cn1cc(S(=O)(=O)NCCC2CC2)cn1. The molecule has 1 heterocycles. The molecule has 8 heteroatoms. The molecular formula is C10H15N3O4S. The predicted molar refractivity (Wildman–Crippen MR) is 62.4 cm³/mol. The van der Waals surface area contributed by atoms with Gasteiger partial charge in [-0.05, 0) is 12.3 Å². The summed E-state index contributed by atoms with van der Waals surface area (Å²) in [4.78, 5) is 10.5. The third-order valence-electron chi connectivity index (χ3n) is 2.76. The molecule has 1 saturated carbocycles. The van der Waals surface area contributed by atoms with Gasteiger partial charge in [-0.2, -0.15) is 5.10 Å². The number of nitrogens with one attached hydrogen (secondary N) is 1. The van der Waals surface area contributed by atoms with Gasteiger partial charge in [-0.25, -0.2) is 13.1 Å². The fourth-order valence-corrected chi connectivity index (χ4v) is 2.60. The number of sulfonamides is 1. The van der Waals surface area contributed by atoms with Crippen molar-refractivity contribution in [3.05, 3.63) is 12.4 Å². The van der Waals surface area contributed by atoms with Crippen molar-refractivity contribution < 1.29 is 18.3 Å². The number of nitrogens with zero attached hydrogens (tertiary/aromatic N) is 2. The number of aliphatic carboxylic acids is 1. The molecule has 1 aliphatic carbocycles. The smallest absolute Gasteiger partial charge is 0.325 e. The van der Waals surface area contributed by atoms with Crippen LogP contribution in [0.5, 0.6) is 0 Å². The van der Waals surface area contributed by atoms with Gasteiger partial charge in [-0.1, -0.05) is 12.8 Å². The molecule has 0 saturated heterocycles. The van der Waals surface area contributed by atoms with E-state index >= 15 is 0 Å². The van der Waals surface area contributed by atoms with Crippen LogP contribution in [0.2, 0.25) is 0 Å². The number of carboxylic acids is 1. The van der Waals surface area contributed by atoms with Gasteiger partial charge in [0.25, 0.3) is 0 Å². The van der Waals surface area contributed by atoms with Gasteiger partial charge in [-0.15, -0.1) is 0 Å². The Balaban J connectivity index is 1.94. The highest BCUT2D eigenvalue weighted by Crippen LogP contribution is 2.31. The van der Waals surface area contributed by atoms with Crippen molar-refractivity contribution in [2.24, 2.45) is 5.92 Å². The van der Waals surface area contributed by atoms with E-state index in [2.05, 4.69) is 9.82 Å². The number of rotatable bonds is 7. The van der Waals surface area contributed by atoms with Crippen LogP contribution in [0.4, 0.5) is 0 Å². The van der Waals surface area contributed by atoms with Crippen molar-refractivity contribution in [2.45, 2.75) is 30.7 Å². The zero-order valence-electron chi connectivity index (χ0n) is 9.74. The predicted octanol–water partition coefficient (Wildman–Crippen LogP) is 0.0461. The number of hydrogen-bond acceptors (Lipinski definition) is 4. The molecule has 1 aromatic heterocycles. The van der Waals surface area contributed by atoms with Crippen LogP contribution in [0.15, 0.2) is 17.3 Å². The molecule has 0 spiro atoms. The molecule has 0 aromatic carbocycles. The van der Waals surface area contributed by atoms with Crippen molar-refractivity contribution >= 4 is 16.0 Å². The van der Waals surface area contributed by atoms with Crippen LogP contribution in [-0.2, 0) is 21.4 Å². The molecule has 1 fully saturated rings. The van der Waals surface area contributed by atoms with Gasteiger partial charge in [0.1, 0.15) is 11.4 Å². The first-order valence-corrected chi connectivity index (χ1v) is 7.19. The summed E-state index contributed by atoms with van der Waals surface area (Å²) in [5, 5.41) is 12.3. The summed E-state index contributed by atoms with van der Waals surface area (Å²) < 4.78 is 27.2. The first-order chi connectivity index (χ1) is 8.47. The molecular weight excluding hydrogens is 258 g/mol. The van der Waals surface area contributed by atoms with Gasteiger partial charge in [-0.3, -0.25) is 9.48 Å². The summed E-state index contributed by atoms with van der Waals surface area (Å²) in [6, 6.07) is 0. The number of hydrogen-bond donors (Lipinski definition) is 2. The highest BCUT2D eigenvalue weighted by atomic mass is 32.2. The maximum absolute atomic E-state index is 11.8. The minimum absolute atomic E-state index is 0.000420. The van der Waals surface area contributed by atoms with Crippen molar-refractivity contribution in [3.63, 3.8) is 0 Å². The topological polar surface area (TPSA) is 101 Å². The summed E-state index contributed by atoms with van der Waals surface area (Å²) in [6.07, 6.45) is 5.58. The lowest BCUT2D eigenvalue weighted by atomic mass is 10.3. The van der Waals surface area contributed by atoms with Gasteiger partial charge in [0.2, 0.25) is 10.0 Å². The van der Waals surface area contributed by atoms with E-state index in [0.29, 0.717) is 12.5 Å². The summed E-state index contributed by atoms with van der Waals surface area (Å²) in [5.41, 5.74) is 0. The van der Waals surface area contributed by atoms with Crippen molar-refractivity contribution in [2.75, 3.05) is 6.54 Å². The van der Waals surface area contributed by atoms with Gasteiger partial charge in [0.15, 0.2) is 0 Å². The van der Waals surface area contributed by atoms with E-state index in [9.17, 15) is 13.2 Å². The lowest BCUT2D eigenvalue weighted by Gasteiger charge is -2.03. The molecule has 0 radical (unpaired) electrons. The highest BCUT2D eigenvalue weighted by molar-refractivity contribution is 7.89. The molecule has 2 N–H and O–H groups in total. The Hall–Kier alpha value is -1.41. The Morgan fingerprint density at radius 1 is 1.56 bits per heavy atom. The van der Waals surface area contributed by atoms with Crippen LogP contribution in [-0.4, -0.2) is 35.8 Å². The van der Waals surface area contributed by atoms with E-state index in [1.165, 1.54) is 19.0 Å². The van der Waals surface area contributed by atoms with Crippen LogP contribution < -0.4 is 4.72 Å². The second-order valence-corrected chi connectivity index (χ2v) is 6.16. The third kappa shape index (κ3) is 3.54. The van der Waals surface area contributed by atoms with Gasteiger partial charge < -0.3 is 5.11 Å². The number of carboxylic acid groups (broad SMARTS) is 1. The van der Waals surface area contributed by atoms with Crippen LogP contribution in [0.3, 0.4) is 0 Å². The average Bonchev–Trinajstić information content (AvgIpc) is 2.95. The zero-order chi connectivity index (χ0) is 13.2. The summed E-state index contributed by atoms with van der Waals surface area (Å²) in [7, 11) is -3.57. The van der Waals surface area contributed by atoms with Crippen molar-refractivity contribution in [1.29, 1.82) is 0 Å². The first kappa shape index (κ1) is 13.0. The second-order valence-electron chi connectivity index (χ2n) is 4.40. The van der Waals surface area contributed by atoms with E-state index in [1.54, 1.807) is 0 Å². The Bertz CT molecular complexity index is 533. The number of aromatic nitrogens is 2. The van der Waals surface area contributed by atoms with Crippen LogP contribution in [0, 0.1) is 5.92 Å². The van der Waals surface area contributed by atoms with E-state index in [0.717, 1.165) is 17.3 Å². The van der Waals surface area contributed by atoms with Gasteiger partial charge in [0, 0.05) is 12.7 Å². The molecule has 0 atom stereocenters. The fraction of sp³-hybridized carbons (Fsp3) is 0.600. The summed E-state index contributed by atoms with van der Waals surface area (Å²) >= 11 is 0. The van der Waals surface area contributed by atoms with Crippen molar-refractivity contribution in [1.82, 2.24) is 14.5 Å². The van der Waals surface area contributed by atoms with Gasteiger partial charge in [0.05, 0.1) is 6.20 Å². The number of carbonyl (C=O) groups is 1. The van der Waals surface area contributed by atoms with Crippen LogP contribution >= 0.6 is 0 Å². The highest BCUT2D eigenvalue weighted by Gasteiger charge is 2.22. The lowest BCUT2D eigenvalue weighted by molar-refractivity contribution is -0.137. The zero-order valence-corrected chi connectivity index (χ0v) is 10.6. The summed E-state index contributed by atoms with van der Waals surface area (Å²) in [5.74, 6) is -0.411. The van der Waals surface area contributed by atoms with Crippen LogP contribution in [0.25, 0.3) is 0 Å². The largest absolute Gasteiger partial charge is 0.480 e. The van der Waals surface area contributed by atoms with Crippen molar-refractivity contribution in [3.8, 4) is 0 Å². The maximum atomic E-state index is 11.8. The molecule has 0 bridgehead atoms. The standard InChI is InChI=1S/C10H15N3O4S/c14-10(15)7-13-6-9(5-11-13)18(16,17)12-4-3-8-1-2-8/h5-6,8,12H,1-4,7H2,(H,14,15). The van der Waals surface area contributed by atoms with E-state index < -0.39 is 16.0 Å². The Morgan fingerprint density at radius 2 is 2.28 bits per heavy atom. The summed E-state index contributed by atoms with van der Waals surface area (Å²) in [6.45, 7) is 0.0642. The normalized spacial score (nSPS) is 15.8. The molecule has 0 aliphatic heterocycles. The van der Waals surface area contributed by atoms with E-state index in [1.807, 2.05) is 0 Å². The molecule has 1 aromatic rings. The minimum atomic E-state index is -3.57. The quantitative estimate of drug-likeness (QED) is 0.730. The molecule has 18 heavy (non-hydrogen) atoms. The molecule has 0 unspecified atom stereocenters. The first-order valence-electron chi connectivity index (χ1n) is 5.71. The fourth-order valence-electron chi connectivity index (χ4n) is 1.60. The molecule has 100 valence electrons. The lowest BCUT2D eigenvalue weighted by Crippen LogP contribution is -2.24. The Labute approximate surface area is 105 Å². The Kier molecular flexibility index (Phi) is 3.67. The van der Waals surface area contributed by atoms with E-state index in [-0.39, 0.29) is 11.4 Å². The third-order valence-corrected chi connectivity index (χ3v) is 4.17. The second kappa shape index (κ2) is 5.07. The molecule has 0 amide bonds. The minimum Gasteiger partial charge on any atom is -0.480 e. The van der Waals surface area contributed by atoms with Gasteiger partial charge >= 0.3 is 5.97 Å². The monoisotopic (exact) mass is 273 g/mol. The van der Waals surface area contributed by atoms with Crippen LogP contribution in [0.1, 0.15) is 19.3 Å². The Morgan fingerprint density at radius 3 is 2.89 bits per heavy atom. The molecule has 7 nitrogen and oxygen atoms in total. The molecule has 2 rings (SSSR count). The molecule has 1 aliphatic rings. The maximum Gasteiger partial charge on any atom is 0.325 e. The average molecular weight is 273 g/mol.